The van der Waals surface area contributed by atoms with Crippen LogP contribution in [0.25, 0.3) is 0 Å². The second kappa shape index (κ2) is 7.78. The van der Waals surface area contributed by atoms with Crippen molar-refractivity contribution in [1.29, 1.82) is 0 Å². The number of hydrogen-bond acceptors (Lipinski definition) is 4. The zero-order valence-corrected chi connectivity index (χ0v) is 13.2. The van der Waals surface area contributed by atoms with E-state index in [1.54, 1.807) is 24.9 Å². The molecule has 0 atom stereocenters. The molecule has 6 nitrogen and oxygen atoms in total. The minimum atomic E-state index is -3.50. The Balaban J connectivity index is 2.91. The third-order valence-electron chi connectivity index (χ3n) is 3.12. The number of rotatable bonds is 9. The van der Waals surface area contributed by atoms with E-state index in [-0.39, 0.29) is 11.5 Å². The smallest absolute Gasteiger partial charge is 0.244 e. The van der Waals surface area contributed by atoms with Crippen molar-refractivity contribution >= 4 is 10.0 Å². The first-order chi connectivity index (χ1) is 9.47. The van der Waals surface area contributed by atoms with E-state index in [2.05, 4.69) is 0 Å². The fourth-order valence-corrected chi connectivity index (χ4v) is 3.25. The molecule has 1 aromatic rings. The highest BCUT2D eigenvalue weighted by atomic mass is 32.2. The zero-order chi connectivity index (χ0) is 15.2. The highest BCUT2D eigenvalue weighted by Gasteiger charge is 2.23. The standard InChI is InChI=1S/C13H24N2O4S/c1-4-6-15-10-13(9-12(15)11-16)20(17,18)14(2)7-5-8-19-3/h9-10,16H,4-8,11H2,1-3H3. The summed E-state index contributed by atoms with van der Waals surface area (Å²) in [5.74, 6) is 0. The van der Waals surface area contributed by atoms with E-state index in [9.17, 15) is 13.5 Å². The van der Waals surface area contributed by atoms with Gasteiger partial charge in [-0.2, -0.15) is 0 Å². The fraction of sp³-hybridized carbons (Fsp3) is 0.692. The Morgan fingerprint density at radius 3 is 2.70 bits per heavy atom. The summed E-state index contributed by atoms with van der Waals surface area (Å²) in [7, 11) is -0.357. The summed E-state index contributed by atoms with van der Waals surface area (Å²) >= 11 is 0. The van der Waals surface area contributed by atoms with Crippen LogP contribution < -0.4 is 0 Å². The van der Waals surface area contributed by atoms with E-state index >= 15 is 0 Å². The maximum atomic E-state index is 12.4. The number of sulfonamides is 1. The van der Waals surface area contributed by atoms with Gasteiger partial charge in [0.25, 0.3) is 0 Å². The number of hydrogen-bond donors (Lipinski definition) is 1. The molecule has 0 unspecified atom stereocenters. The quantitative estimate of drug-likeness (QED) is 0.692. The maximum Gasteiger partial charge on any atom is 0.244 e. The van der Waals surface area contributed by atoms with Crippen molar-refractivity contribution in [3.63, 3.8) is 0 Å². The summed E-state index contributed by atoms with van der Waals surface area (Å²) in [5, 5.41) is 9.29. The van der Waals surface area contributed by atoms with Crippen LogP contribution in [0.4, 0.5) is 0 Å². The van der Waals surface area contributed by atoms with Crippen molar-refractivity contribution in [2.75, 3.05) is 27.3 Å². The third-order valence-corrected chi connectivity index (χ3v) is 4.94. The molecule has 0 saturated heterocycles. The van der Waals surface area contributed by atoms with E-state index in [0.717, 1.165) is 6.42 Å². The summed E-state index contributed by atoms with van der Waals surface area (Å²) in [6, 6.07) is 1.54. The van der Waals surface area contributed by atoms with Crippen LogP contribution in [-0.2, 0) is 27.9 Å². The normalized spacial score (nSPS) is 12.2. The second-order valence-corrected chi connectivity index (χ2v) is 6.74. The number of aliphatic hydroxyl groups is 1. The number of methoxy groups -OCH3 is 1. The van der Waals surface area contributed by atoms with Crippen molar-refractivity contribution < 1.29 is 18.3 Å². The van der Waals surface area contributed by atoms with Crippen LogP contribution in [-0.4, -0.2) is 49.7 Å². The molecule has 0 aliphatic rings. The molecular formula is C13H24N2O4S. The van der Waals surface area contributed by atoms with Gasteiger partial charge < -0.3 is 14.4 Å². The van der Waals surface area contributed by atoms with Gasteiger partial charge in [-0.15, -0.1) is 0 Å². The van der Waals surface area contributed by atoms with Gasteiger partial charge in [0, 0.05) is 45.7 Å². The molecule has 1 rings (SSSR count). The number of ether oxygens (including phenoxy) is 1. The van der Waals surface area contributed by atoms with E-state index in [1.807, 2.05) is 6.92 Å². The van der Waals surface area contributed by atoms with Crippen LogP contribution in [0.1, 0.15) is 25.5 Å². The first-order valence-corrected chi connectivity index (χ1v) is 8.16. The monoisotopic (exact) mass is 304 g/mol. The lowest BCUT2D eigenvalue weighted by Gasteiger charge is -2.15. The maximum absolute atomic E-state index is 12.4. The number of aryl methyl sites for hydroxylation is 1. The first kappa shape index (κ1) is 17.2. The number of nitrogens with zero attached hydrogens (tertiary/aromatic N) is 2. The van der Waals surface area contributed by atoms with E-state index in [4.69, 9.17) is 4.74 Å². The van der Waals surface area contributed by atoms with Crippen molar-refractivity contribution in [2.45, 2.75) is 37.8 Å². The summed E-state index contributed by atoms with van der Waals surface area (Å²) in [5.41, 5.74) is 0.621. The second-order valence-electron chi connectivity index (χ2n) is 4.69. The molecule has 7 heteroatoms. The molecule has 1 aromatic heterocycles. The van der Waals surface area contributed by atoms with E-state index < -0.39 is 10.0 Å². The third kappa shape index (κ3) is 4.05. The molecule has 0 amide bonds. The molecule has 0 saturated carbocycles. The Bertz CT molecular complexity index is 510. The van der Waals surface area contributed by atoms with E-state index in [0.29, 0.717) is 31.8 Å². The molecule has 0 aliphatic carbocycles. The van der Waals surface area contributed by atoms with Gasteiger partial charge in [-0.05, 0) is 18.9 Å². The molecule has 0 aliphatic heterocycles. The lowest BCUT2D eigenvalue weighted by molar-refractivity contribution is 0.189. The summed E-state index contributed by atoms with van der Waals surface area (Å²) in [6.45, 7) is 3.47. The lowest BCUT2D eigenvalue weighted by atomic mass is 10.4. The Labute approximate surface area is 121 Å². The Morgan fingerprint density at radius 2 is 2.15 bits per heavy atom. The molecule has 0 aromatic carbocycles. The fourth-order valence-electron chi connectivity index (χ4n) is 1.98. The van der Waals surface area contributed by atoms with Crippen molar-refractivity contribution in [3.8, 4) is 0 Å². The average molecular weight is 304 g/mol. The topological polar surface area (TPSA) is 71.8 Å². The van der Waals surface area contributed by atoms with Crippen LogP contribution in [0.3, 0.4) is 0 Å². The van der Waals surface area contributed by atoms with Gasteiger partial charge in [0.05, 0.1) is 6.61 Å². The highest BCUT2D eigenvalue weighted by molar-refractivity contribution is 7.89. The van der Waals surface area contributed by atoms with E-state index in [1.165, 1.54) is 10.4 Å². The van der Waals surface area contributed by atoms with Gasteiger partial charge in [-0.25, -0.2) is 12.7 Å². The van der Waals surface area contributed by atoms with Crippen LogP contribution >= 0.6 is 0 Å². The highest BCUT2D eigenvalue weighted by Crippen LogP contribution is 2.19. The predicted molar refractivity (Wildman–Crippen MR) is 77.0 cm³/mol. The van der Waals surface area contributed by atoms with Gasteiger partial charge in [0.15, 0.2) is 0 Å². The summed E-state index contributed by atoms with van der Waals surface area (Å²) in [6.07, 6.45) is 3.12. The zero-order valence-electron chi connectivity index (χ0n) is 12.4. The van der Waals surface area contributed by atoms with Crippen molar-refractivity contribution in [1.82, 2.24) is 8.87 Å². The molecule has 0 bridgehead atoms. The van der Waals surface area contributed by atoms with Crippen LogP contribution in [0.5, 0.6) is 0 Å². The molecular weight excluding hydrogens is 280 g/mol. The van der Waals surface area contributed by atoms with Crippen LogP contribution in [0.15, 0.2) is 17.2 Å². The Kier molecular flexibility index (Phi) is 6.67. The molecule has 1 heterocycles. The van der Waals surface area contributed by atoms with Crippen molar-refractivity contribution in [3.05, 3.63) is 18.0 Å². The van der Waals surface area contributed by atoms with Crippen LogP contribution in [0.2, 0.25) is 0 Å². The molecule has 116 valence electrons. The van der Waals surface area contributed by atoms with Gasteiger partial charge in [0.1, 0.15) is 4.90 Å². The first-order valence-electron chi connectivity index (χ1n) is 6.72. The molecule has 0 spiro atoms. The minimum Gasteiger partial charge on any atom is -0.390 e. The molecule has 20 heavy (non-hydrogen) atoms. The van der Waals surface area contributed by atoms with Crippen LogP contribution in [0, 0.1) is 0 Å². The predicted octanol–water partition coefficient (Wildman–Crippen LogP) is 1.05. The minimum absolute atomic E-state index is 0.164. The summed E-state index contributed by atoms with van der Waals surface area (Å²) < 4.78 is 32.8. The lowest BCUT2D eigenvalue weighted by Crippen LogP contribution is -2.28. The van der Waals surface area contributed by atoms with Gasteiger partial charge in [-0.1, -0.05) is 6.92 Å². The van der Waals surface area contributed by atoms with Gasteiger partial charge in [-0.3, -0.25) is 0 Å². The summed E-state index contributed by atoms with van der Waals surface area (Å²) in [4.78, 5) is 0.231. The largest absolute Gasteiger partial charge is 0.390 e. The SMILES string of the molecule is CCCn1cc(S(=O)(=O)N(C)CCCOC)cc1CO. The Hall–Kier alpha value is -0.890. The number of aliphatic hydroxyl groups excluding tert-OH is 1. The molecule has 1 N–H and O–H groups in total. The number of aromatic nitrogens is 1. The molecule has 0 radical (unpaired) electrons. The van der Waals surface area contributed by atoms with Gasteiger partial charge in [0.2, 0.25) is 10.0 Å². The van der Waals surface area contributed by atoms with Gasteiger partial charge >= 0.3 is 0 Å². The average Bonchev–Trinajstić information content (AvgIpc) is 2.83. The Morgan fingerprint density at radius 1 is 1.45 bits per heavy atom. The van der Waals surface area contributed by atoms with Crippen molar-refractivity contribution in [2.24, 2.45) is 0 Å². The molecule has 0 fully saturated rings.